The monoisotopic (exact) mass is 595 g/mol. The standard InChI is InChI=1S/C31H32F3N5O2S/c1-19-9-10-20(2)25(15-19)36-27(40)18-42-29-38-37-26(39(29)24-8-6-7-23(16-24)31(32,33)34)17-35-28(41)21-11-13-22(14-12-21)30(3,4)5/h6-16H,17-18H2,1-5H3,(H,35,41)(H,36,40). The molecule has 2 amide bonds. The molecule has 0 aliphatic carbocycles. The Hall–Kier alpha value is -4.12. The fourth-order valence-corrected chi connectivity index (χ4v) is 4.93. The molecule has 2 N–H and O–H groups in total. The van der Waals surface area contributed by atoms with E-state index in [4.69, 9.17) is 0 Å². The number of carbonyl (C=O) groups is 2. The van der Waals surface area contributed by atoms with E-state index >= 15 is 0 Å². The van der Waals surface area contributed by atoms with Crippen molar-refractivity contribution in [2.75, 3.05) is 11.1 Å². The van der Waals surface area contributed by atoms with Crippen molar-refractivity contribution in [2.24, 2.45) is 0 Å². The van der Waals surface area contributed by atoms with Gasteiger partial charge in [-0.25, -0.2) is 0 Å². The molecule has 0 spiro atoms. The molecule has 1 heterocycles. The Bertz CT molecular complexity index is 1590. The third-order valence-electron chi connectivity index (χ3n) is 6.55. The fourth-order valence-electron chi connectivity index (χ4n) is 4.16. The van der Waals surface area contributed by atoms with Crippen LogP contribution in [0.4, 0.5) is 18.9 Å². The van der Waals surface area contributed by atoms with E-state index in [9.17, 15) is 22.8 Å². The zero-order valence-corrected chi connectivity index (χ0v) is 24.8. The van der Waals surface area contributed by atoms with Gasteiger partial charge in [-0.05, 0) is 72.4 Å². The van der Waals surface area contributed by atoms with Gasteiger partial charge in [0.05, 0.1) is 23.5 Å². The van der Waals surface area contributed by atoms with Gasteiger partial charge in [-0.15, -0.1) is 10.2 Å². The first kappa shape index (κ1) is 30.8. The number of aryl methyl sites for hydroxylation is 2. The number of hydrogen-bond acceptors (Lipinski definition) is 5. The highest BCUT2D eigenvalue weighted by Gasteiger charge is 2.31. The Morgan fingerprint density at radius 1 is 0.905 bits per heavy atom. The predicted molar refractivity (Wildman–Crippen MR) is 158 cm³/mol. The van der Waals surface area contributed by atoms with Crippen molar-refractivity contribution in [2.45, 2.75) is 57.9 Å². The van der Waals surface area contributed by atoms with Crippen LogP contribution < -0.4 is 10.6 Å². The second kappa shape index (κ2) is 12.4. The first-order valence-corrected chi connectivity index (χ1v) is 14.2. The molecule has 4 rings (SSSR count). The van der Waals surface area contributed by atoms with Crippen LogP contribution in [0.3, 0.4) is 0 Å². The molecule has 7 nitrogen and oxygen atoms in total. The van der Waals surface area contributed by atoms with Crippen LogP contribution in [0.5, 0.6) is 0 Å². The average molecular weight is 596 g/mol. The number of halogens is 3. The van der Waals surface area contributed by atoms with Gasteiger partial charge < -0.3 is 10.6 Å². The summed E-state index contributed by atoms with van der Waals surface area (Å²) in [6.45, 7) is 9.93. The molecule has 0 aliphatic rings. The number of carbonyl (C=O) groups excluding carboxylic acids is 2. The Balaban J connectivity index is 1.56. The number of alkyl halides is 3. The lowest BCUT2D eigenvalue weighted by atomic mass is 9.87. The molecule has 4 aromatic rings. The number of nitrogens with one attached hydrogen (secondary N) is 2. The second-order valence-electron chi connectivity index (χ2n) is 10.9. The van der Waals surface area contributed by atoms with E-state index in [1.54, 1.807) is 12.1 Å². The van der Waals surface area contributed by atoms with Gasteiger partial charge >= 0.3 is 6.18 Å². The molecule has 3 aromatic carbocycles. The van der Waals surface area contributed by atoms with Crippen molar-refractivity contribution in [3.63, 3.8) is 0 Å². The summed E-state index contributed by atoms with van der Waals surface area (Å²) in [6, 6.07) is 17.7. The van der Waals surface area contributed by atoms with E-state index < -0.39 is 11.7 Å². The third-order valence-corrected chi connectivity index (χ3v) is 7.48. The molecule has 0 atom stereocenters. The van der Waals surface area contributed by atoms with Crippen LogP contribution in [0.15, 0.2) is 71.9 Å². The van der Waals surface area contributed by atoms with Crippen LogP contribution in [0.2, 0.25) is 0 Å². The molecular weight excluding hydrogens is 563 g/mol. The number of rotatable bonds is 8. The molecule has 42 heavy (non-hydrogen) atoms. The lowest BCUT2D eigenvalue weighted by Gasteiger charge is -2.19. The number of hydrogen-bond donors (Lipinski definition) is 2. The van der Waals surface area contributed by atoms with E-state index in [0.29, 0.717) is 11.3 Å². The van der Waals surface area contributed by atoms with Gasteiger partial charge in [0.1, 0.15) is 0 Å². The molecule has 1 aromatic heterocycles. The maximum Gasteiger partial charge on any atom is 0.416 e. The number of nitrogens with zero attached hydrogens (tertiary/aromatic N) is 3. The number of anilines is 1. The van der Waals surface area contributed by atoms with Crippen LogP contribution in [0.1, 0.15) is 59.2 Å². The highest BCUT2D eigenvalue weighted by molar-refractivity contribution is 7.99. The van der Waals surface area contributed by atoms with Crippen molar-refractivity contribution >= 4 is 29.3 Å². The molecule has 0 bridgehead atoms. The largest absolute Gasteiger partial charge is 0.416 e. The summed E-state index contributed by atoms with van der Waals surface area (Å²) >= 11 is 1.03. The van der Waals surface area contributed by atoms with Crippen LogP contribution >= 0.6 is 11.8 Å². The third kappa shape index (κ3) is 7.58. The van der Waals surface area contributed by atoms with E-state index in [1.165, 1.54) is 16.7 Å². The van der Waals surface area contributed by atoms with Gasteiger partial charge in [-0.2, -0.15) is 13.2 Å². The maximum absolute atomic E-state index is 13.5. The van der Waals surface area contributed by atoms with Crippen LogP contribution in [-0.4, -0.2) is 32.3 Å². The lowest BCUT2D eigenvalue weighted by Crippen LogP contribution is -2.25. The number of thioether (sulfide) groups is 1. The molecule has 0 saturated heterocycles. The molecule has 0 saturated carbocycles. The summed E-state index contributed by atoms with van der Waals surface area (Å²) in [5.41, 5.74) is 3.33. The molecule has 0 radical (unpaired) electrons. The van der Waals surface area contributed by atoms with Crippen molar-refractivity contribution in [1.29, 1.82) is 0 Å². The minimum Gasteiger partial charge on any atom is -0.345 e. The zero-order valence-electron chi connectivity index (χ0n) is 24.0. The van der Waals surface area contributed by atoms with E-state index in [0.717, 1.165) is 40.6 Å². The predicted octanol–water partition coefficient (Wildman–Crippen LogP) is 6.86. The van der Waals surface area contributed by atoms with E-state index in [-0.39, 0.29) is 46.2 Å². The van der Waals surface area contributed by atoms with Gasteiger partial charge in [0.2, 0.25) is 5.91 Å². The van der Waals surface area contributed by atoms with E-state index in [2.05, 4.69) is 41.6 Å². The van der Waals surface area contributed by atoms with Crippen molar-refractivity contribution in [3.8, 4) is 5.69 Å². The number of aromatic nitrogens is 3. The van der Waals surface area contributed by atoms with Gasteiger partial charge in [-0.1, -0.05) is 62.9 Å². The first-order valence-electron chi connectivity index (χ1n) is 13.2. The SMILES string of the molecule is Cc1ccc(C)c(NC(=O)CSc2nnc(CNC(=O)c3ccc(C(C)(C)C)cc3)n2-c2cccc(C(F)(F)F)c2)c1. The van der Waals surface area contributed by atoms with Crippen molar-refractivity contribution in [3.05, 3.63) is 100 Å². The van der Waals surface area contributed by atoms with Gasteiger partial charge in [0.25, 0.3) is 5.91 Å². The molecule has 0 aliphatic heterocycles. The summed E-state index contributed by atoms with van der Waals surface area (Å²) in [7, 11) is 0. The zero-order chi connectivity index (χ0) is 30.7. The summed E-state index contributed by atoms with van der Waals surface area (Å²) in [4.78, 5) is 25.6. The van der Waals surface area contributed by atoms with Gasteiger partial charge in [-0.3, -0.25) is 14.2 Å². The Labute approximate surface area is 246 Å². The summed E-state index contributed by atoms with van der Waals surface area (Å²) in [5.74, 6) is -0.514. The van der Waals surface area contributed by atoms with Crippen molar-refractivity contribution < 1.29 is 22.8 Å². The number of benzene rings is 3. The Morgan fingerprint density at radius 2 is 1.62 bits per heavy atom. The highest BCUT2D eigenvalue weighted by Crippen LogP contribution is 2.32. The first-order chi connectivity index (χ1) is 19.7. The molecule has 11 heteroatoms. The molecule has 0 unspecified atom stereocenters. The normalized spacial score (nSPS) is 11.8. The number of amides is 2. The average Bonchev–Trinajstić information content (AvgIpc) is 3.34. The summed E-state index contributed by atoms with van der Waals surface area (Å²) in [5, 5.41) is 14.2. The summed E-state index contributed by atoms with van der Waals surface area (Å²) in [6.07, 6.45) is -4.56. The lowest BCUT2D eigenvalue weighted by molar-refractivity contribution is -0.137. The molecule has 0 fully saturated rings. The van der Waals surface area contributed by atoms with Gasteiger partial charge in [0.15, 0.2) is 11.0 Å². The topological polar surface area (TPSA) is 88.9 Å². The Kier molecular flexibility index (Phi) is 9.10. The van der Waals surface area contributed by atoms with Gasteiger partial charge in [0, 0.05) is 11.3 Å². The minimum atomic E-state index is -4.56. The van der Waals surface area contributed by atoms with E-state index in [1.807, 2.05) is 44.2 Å². The van der Waals surface area contributed by atoms with Crippen LogP contribution in [0, 0.1) is 13.8 Å². The molecule has 220 valence electrons. The quantitative estimate of drug-likeness (QED) is 0.217. The maximum atomic E-state index is 13.5. The second-order valence-corrected chi connectivity index (χ2v) is 11.9. The fraction of sp³-hybridized carbons (Fsp3) is 0.290. The smallest absolute Gasteiger partial charge is 0.345 e. The summed E-state index contributed by atoms with van der Waals surface area (Å²) < 4.78 is 42.0. The van der Waals surface area contributed by atoms with Crippen LogP contribution in [0.25, 0.3) is 5.69 Å². The van der Waals surface area contributed by atoms with Crippen molar-refractivity contribution in [1.82, 2.24) is 20.1 Å². The Morgan fingerprint density at radius 3 is 2.29 bits per heavy atom. The minimum absolute atomic E-state index is 0.0586. The molecular formula is C31H32F3N5O2S. The highest BCUT2D eigenvalue weighted by atomic mass is 32.2. The van der Waals surface area contributed by atoms with Crippen LogP contribution in [-0.2, 0) is 22.9 Å².